The highest BCUT2D eigenvalue weighted by Gasteiger charge is 2.50. The summed E-state index contributed by atoms with van der Waals surface area (Å²) in [7, 11) is 0. The molecule has 26 heavy (non-hydrogen) atoms. The SMILES string of the molecule is CC(=O)NC1C(O)[C@@H](O[C@@H]2OC(CO)[C@H](O)C(O)C2O)C(CO)O[C@H]1C. The fourth-order valence-corrected chi connectivity index (χ4v) is 3.23. The summed E-state index contributed by atoms with van der Waals surface area (Å²) in [4.78, 5) is 11.3. The minimum atomic E-state index is -1.67. The minimum absolute atomic E-state index is 0.404. The lowest BCUT2D eigenvalue weighted by Gasteiger charge is -2.46. The van der Waals surface area contributed by atoms with Crippen LogP contribution in [0.5, 0.6) is 0 Å². The monoisotopic (exact) mass is 381 g/mol. The van der Waals surface area contributed by atoms with E-state index in [9.17, 15) is 35.4 Å². The van der Waals surface area contributed by atoms with E-state index in [2.05, 4.69) is 5.32 Å². The number of carbonyl (C=O) groups excluding carboxylic acids is 1. The number of nitrogens with one attached hydrogen (secondary N) is 1. The number of rotatable bonds is 5. The van der Waals surface area contributed by atoms with Crippen LogP contribution in [-0.4, -0.2) is 111 Å². The number of aliphatic hydroxyl groups is 6. The highest BCUT2D eigenvalue weighted by Crippen LogP contribution is 2.29. The molecule has 2 rings (SSSR count). The molecule has 11 nitrogen and oxygen atoms in total. The zero-order valence-corrected chi connectivity index (χ0v) is 14.5. The van der Waals surface area contributed by atoms with Crippen molar-refractivity contribution >= 4 is 5.91 Å². The Bertz CT molecular complexity index is 477. The second-order valence-corrected chi connectivity index (χ2v) is 6.58. The quantitative estimate of drug-likeness (QED) is 0.247. The second kappa shape index (κ2) is 8.87. The standard InChI is InChI=1S/C15H27NO10/c1-5-9(16-6(2)19)11(21)14(8(4-18)24-5)26-15-13(23)12(22)10(20)7(3-17)25-15/h5,7-15,17-18,20-23H,3-4H2,1-2H3,(H,16,19)/t5-,7?,8?,9?,10-,11?,12?,13?,14-,15-/m0/s1. The molecule has 2 aliphatic rings. The van der Waals surface area contributed by atoms with Crippen LogP contribution >= 0.6 is 0 Å². The molecule has 2 heterocycles. The molecule has 0 aromatic rings. The van der Waals surface area contributed by atoms with Crippen LogP contribution in [0.4, 0.5) is 0 Å². The van der Waals surface area contributed by atoms with Gasteiger partial charge in [0.05, 0.1) is 25.4 Å². The molecule has 2 fully saturated rings. The zero-order chi connectivity index (χ0) is 19.6. The summed E-state index contributed by atoms with van der Waals surface area (Å²) in [6.45, 7) is 1.72. The van der Waals surface area contributed by atoms with E-state index in [1.807, 2.05) is 0 Å². The summed E-state index contributed by atoms with van der Waals surface area (Å²) < 4.78 is 16.3. The van der Waals surface area contributed by atoms with Crippen molar-refractivity contribution in [1.82, 2.24) is 5.32 Å². The maximum Gasteiger partial charge on any atom is 0.217 e. The molecule has 6 unspecified atom stereocenters. The first kappa shape index (κ1) is 21.4. The van der Waals surface area contributed by atoms with Crippen LogP contribution in [0.2, 0.25) is 0 Å². The Morgan fingerprint density at radius 1 is 0.962 bits per heavy atom. The van der Waals surface area contributed by atoms with E-state index in [1.54, 1.807) is 6.92 Å². The van der Waals surface area contributed by atoms with Crippen LogP contribution in [0.15, 0.2) is 0 Å². The molecular weight excluding hydrogens is 354 g/mol. The summed E-state index contributed by atoms with van der Waals surface area (Å²) in [5.74, 6) is -0.404. The molecule has 0 aliphatic carbocycles. The highest BCUT2D eigenvalue weighted by molar-refractivity contribution is 5.73. The lowest BCUT2D eigenvalue weighted by Crippen LogP contribution is -2.66. The summed E-state index contributed by atoms with van der Waals surface area (Å²) in [6.07, 6.45) is -11.7. The van der Waals surface area contributed by atoms with E-state index in [4.69, 9.17) is 14.2 Å². The normalized spacial score (nSPS) is 46.8. The summed E-state index contributed by atoms with van der Waals surface area (Å²) in [5, 5.41) is 61.5. The molecule has 1 amide bonds. The average molecular weight is 381 g/mol. The molecule has 0 saturated carbocycles. The third-order valence-corrected chi connectivity index (χ3v) is 4.66. The first-order valence-corrected chi connectivity index (χ1v) is 8.38. The molecule has 152 valence electrons. The molecule has 0 radical (unpaired) electrons. The first-order chi connectivity index (χ1) is 12.2. The van der Waals surface area contributed by atoms with Crippen LogP contribution in [0.3, 0.4) is 0 Å². The Morgan fingerprint density at radius 2 is 1.58 bits per heavy atom. The van der Waals surface area contributed by atoms with E-state index in [-0.39, 0.29) is 0 Å². The Morgan fingerprint density at radius 3 is 2.12 bits per heavy atom. The van der Waals surface area contributed by atoms with E-state index in [0.717, 1.165) is 0 Å². The molecule has 2 aliphatic heterocycles. The lowest BCUT2D eigenvalue weighted by atomic mass is 9.92. The van der Waals surface area contributed by atoms with Crippen molar-refractivity contribution < 1.29 is 49.6 Å². The van der Waals surface area contributed by atoms with Gasteiger partial charge in [-0.25, -0.2) is 0 Å². The number of ether oxygens (including phenoxy) is 3. The summed E-state index contributed by atoms with van der Waals surface area (Å²) >= 11 is 0. The van der Waals surface area contributed by atoms with Crippen molar-refractivity contribution in [3.63, 3.8) is 0 Å². The largest absolute Gasteiger partial charge is 0.394 e. The molecule has 0 aromatic heterocycles. The third kappa shape index (κ3) is 4.32. The van der Waals surface area contributed by atoms with E-state index in [0.29, 0.717) is 0 Å². The Balaban J connectivity index is 2.16. The van der Waals surface area contributed by atoms with Crippen LogP contribution in [-0.2, 0) is 19.0 Å². The second-order valence-electron chi connectivity index (χ2n) is 6.58. The molecule has 10 atom stereocenters. The molecule has 2 saturated heterocycles. The predicted molar refractivity (Wildman–Crippen MR) is 83.7 cm³/mol. The van der Waals surface area contributed by atoms with Gasteiger partial charge in [0.25, 0.3) is 0 Å². The van der Waals surface area contributed by atoms with Gasteiger partial charge in [-0.1, -0.05) is 0 Å². The predicted octanol–water partition coefficient (Wildman–Crippen LogP) is -4.18. The number of amides is 1. The van der Waals surface area contributed by atoms with Crippen molar-refractivity contribution in [3.8, 4) is 0 Å². The van der Waals surface area contributed by atoms with Gasteiger partial charge in [-0.15, -0.1) is 0 Å². The fourth-order valence-electron chi connectivity index (χ4n) is 3.23. The minimum Gasteiger partial charge on any atom is -0.394 e. The van der Waals surface area contributed by atoms with Crippen LogP contribution in [0.1, 0.15) is 13.8 Å². The molecule has 0 aromatic carbocycles. The van der Waals surface area contributed by atoms with Crippen molar-refractivity contribution in [2.75, 3.05) is 13.2 Å². The number of aliphatic hydroxyl groups excluding tert-OH is 6. The van der Waals surface area contributed by atoms with Crippen LogP contribution in [0.25, 0.3) is 0 Å². The molecular formula is C15H27NO10. The number of hydrogen-bond donors (Lipinski definition) is 7. The van der Waals surface area contributed by atoms with Gasteiger partial charge in [-0.2, -0.15) is 0 Å². The van der Waals surface area contributed by atoms with Gasteiger partial charge in [-0.05, 0) is 6.92 Å². The van der Waals surface area contributed by atoms with Crippen molar-refractivity contribution in [1.29, 1.82) is 0 Å². The van der Waals surface area contributed by atoms with Gasteiger partial charge in [0.15, 0.2) is 6.29 Å². The van der Waals surface area contributed by atoms with E-state index < -0.39 is 80.3 Å². The molecule has 7 N–H and O–H groups in total. The van der Waals surface area contributed by atoms with Gasteiger partial charge < -0.3 is 50.2 Å². The maximum atomic E-state index is 11.3. The first-order valence-electron chi connectivity index (χ1n) is 8.38. The third-order valence-electron chi connectivity index (χ3n) is 4.66. The van der Waals surface area contributed by atoms with Crippen LogP contribution in [0, 0.1) is 0 Å². The summed E-state index contributed by atoms with van der Waals surface area (Å²) in [5.41, 5.74) is 0. The maximum absolute atomic E-state index is 11.3. The smallest absolute Gasteiger partial charge is 0.217 e. The Kier molecular flexibility index (Phi) is 7.30. The molecule has 0 bridgehead atoms. The molecule has 11 heteroatoms. The van der Waals surface area contributed by atoms with E-state index >= 15 is 0 Å². The number of hydrogen-bond acceptors (Lipinski definition) is 10. The fraction of sp³-hybridized carbons (Fsp3) is 0.933. The highest BCUT2D eigenvalue weighted by atomic mass is 16.7. The Labute approximate surface area is 150 Å². The molecule has 0 spiro atoms. The van der Waals surface area contributed by atoms with E-state index in [1.165, 1.54) is 6.92 Å². The topological polar surface area (TPSA) is 178 Å². The Hall–Kier alpha value is -0.890. The van der Waals surface area contributed by atoms with Crippen molar-refractivity contribution in [3.05, 3.63) is 0 Å². The zero-order valence-electron chi connectivity index (χ0n) is 14.5. The van der Waals surface area contributed by atoms with Gasteiger partial charge >= 0.3 is 0 Å². The van der Waals surface area contributed by atoms with Crippen molar-refractivity contribution in [2.24, 2.45) is 0 Å². The van der Waals surface area contributed by atoms with Gasteiger partial charge in [0, 0.05) is 6.92 Å². The average Bonchev–Trinajstić information content (AvgIpc) is 2.60. The lowest BCUT2D eigenvalue weighted by molar-refractivity contribution is -0.335. The van der Waals surface area contributed by atoms with Crippen LogP contribution < -0.4 is 5.32 Å². The van der Waals surface area contributed by atoms with Gasteiger partial charge in [-0.3, -0.25) is 4.79 Å². The number of carbonyl (C=O) groups is 1. The van der Waals surface area contributed by atoms with Gasteiger partial charge in [0.2, 0.25) is 5.91 Å². The summed E-state index contributed by atoms with van der Waals surface area (Å²) in [6, 6.07) is -0.842. The van der Waals surface area contributed by atoms with Gasteiger partial charge in [0.1, 0.15) is 42.7 Å². The van der Waals surface area contributed by atoms with Crippen molar-refractivity contribution in [2.45, 2.75) is 75.0 Å².